The highest BCUT2D eigenvalue weighted by molar-refractivity contribution is 6.35. The van der Waals surface area contributed by atoms with Crippen LogP contribution in [0, 0.1) is 5.21 Å². The number of benzene rings is 1. The standard InChI is InChI=1S/C11H12Cl2N2O3/c12-7-1-2-8(9(13)3-7)10(16)5-15(18)6-14-4-11(15)17/h1-3,10,14,16H,4-6H2. The molecule has 2 atom stereocenters. The Kier molecular flexibility index (Phi) is 3.91. The molecule has 1 heterocycles. The maximum absolute atomic E-state index is 12.1. The maximum Gasteiger partial charge on any atom is 0.328 e. The van der Waals surface area contributed by atoms with Crippen LogP contribution in [0.3, 0.4) is 0 Å². The summed E-state index contributed by atoms with van der Waals surface area (Å²) in [6.07, 6.45) is -1.10. The van der Waals surface area contributed by atoms with Gasteiger partial charge in [-0.1, -0.05) is 29.3 Å². The van der Waals surface area contributed by atoms with Crippen molar-refractivity contribution in [1.82, 2.24) is 5.32 Å². The minimum atomic E-state index is -1.10. The quantitative estimate of drug-likeness (QED) is 0.652. The molecule has 0 spiro atoms. The second-order valence-electron chi connectivity index (χ2n) is 4.23. The fourth-order valence-electron chi connectivity index (χ4n) is 1.89. The number of hydroxylamine groups is 3. The molecule has 2 N–H and O–H groups in total. The zero-order chi connectivity index (χ0) is 13.3. The lowest BCUT2D eigenvalue weighted by Gasteiger charge is -2.36. The monoisotopic (exact) mass is 290 g/mol. The number of halogens is 2. The van der Waals surface area contributed by atoms with E-state index in [0.717, 1.165) is 0 Å². The normalized spacial score (nSPS) is 25.4. The number of hydrogen-bond acceptors (Lipinski definition) is 4. The highest BCUT2D eigenvalue weighted by Crippen LogP contribution is 2.28. The van der Waals surface area contributed by atoms with Crippen molar-refractivity contribution < 1.29 is 14.5 Å². The first-order valence-corrected chi connectivity index (χ1v) is 6.13. The Morgan fingerprint density at radius 1 is 1.50 bits per heavy atom. The smallest absolute Gasteiger partial charge is 0.328 e. The molecule has 2 unspecified atom stereocenters. The molecule has 5 nitrogen and oxygen atoms in total. The van der Waals surface area contributed by atoms with Crippen LogP contribution in [0.1, 0.15) is 11.7 Å². The van der Waals surface area contributed by atoms with Gasteiger partial charge in [-0.15, -0.1) is 0 Å². The summed E-state index contributed by atoms with van der Waals surface area (Å²) >= 11 is 11.7. The number of aliphatic hydroxyl groups is 1. The average molecular weight is 291 g/mol. The molecule has 0 aromatic heterocycles. The summed E-state index contributed by atoms with van der Waals surface area (Å²) in [5, 5.41) is 25.5. The molecule has 0 radical (unpaired) electrons. The topological polar surface area (TPSA) is 72.4 Å². The first-order valence-electron chi connectivity index (χ1n) is 5.37. The first-order chi connectivity index (χ1) is 8.42. The molecule has 2 rings (SSSR count). The molecule has 0 saturated carbocycles. The molecule has 1 amide bonds. The molecule has 1 aromatic rings. The predicted octanol–water partition coefficient (Wildman–Crippen LogP) is 1.43. The number of quaternary nitrogens is 1. The lowest BCUT2D eigenvalue weighted by Crippen LogP contribution is -2.47. The number of carbonyl (C=O) groups is 1. The van der Waals surface area contributed by atoms with Crippen LogP contribution in [-0.2, 0) is 4.79 Å². The summed E-state index contributed by atoms with van der Waals surface area (Å²) in [7, 11) is 0. The van der Waals surface area contributed by atoms with Crippen LogP contribution in [-0.4, -0.2) is 35.4 Å². The molecule has 1 aromatic carbocycles. The lowest BCUT2D eigenvalue weighted by molar-refractivity contribution is -0.801. The molecular formula is C11H12Cl2N2O3. The third-order valence-electron chi connectivity index (χ3n) is 2.89. The van der Waals surface area contributed by atoms with E-state index in [1.807, 2.05) is 0 Å². The van der Waals surface area contributed by atoms with Crippen molar-refractivity contribution in [3.05, 3.63) is 39.0 Å². The van der Waals surface area contributed by atoms with E-state index >= 15 is 0 Å². The van der Waals surface area contributed by atoms with Crippen molar-refractivity contribution in [1.29, 1.82) is 0 Å². The Labute approximate surface area is 114 Å². The van der Waals surface area contributed by atoms with Crippen molar-refractivity contribution in [3.8, 4) is 0 Å². The van der Waals surface area contributed by atoms with Gasteiger partial charge in [0.2, 0.25) is 0 Å². The van der Waals surface area contributed by atoms with E-state index < -0.39 is 16.7 Å². The van der Waals surface area contributed by atoms with E-state index in [1.54, 1.807) is 12.1 Å². The molecule has 7 heteroatoms. The van der Waals surface area contributed by atoms with Crippen LogP contribution < -0.4 is 5.32 Å². The van der Waals surface area contributed by atoms with E-state index in [1.165, 1.54) is 6.07 Å². The van der Waals surface area contributed by atoms with Crippen molar-refractivity contribution >= 4 is 29.1 Å². The van der Waals surface area contributed by atoms with Crippen LogP contribution in [0.5, 0.6) is 0 Å². The van der Waals surface area contributed by atoms with Crippen molar-refractivity contribution in [2.24, 2.45) is 0 Å². The summed E-state index contributed by atoms with van der Waals surface area (Å²) in [6, 6.07) is 4.61. The Bertz CT molecular complexity index is 483. The van der Waals surface area contributed by atoms with Gasteiger partial charge < -0.3 is 10.3 Å². The summed E-state index contributed by atoms with van der Waals surface area (Å²) in [4.78, 5) is 11.4. The Morgan fingerprint density at radius 3 is 2.78 bits per heavy atom. The Hall–Kier alpha value is -0.690. The van der Waals surface area contributed by atoms with E-state index in [9.17, 15) is 15.1 Å². The van der Waals surface area contributed by atoms with Crippen LogP contribution in [0.25, 0.3) is 0 Å². The van der Waals surface area contributed by atoms with Crippen LogP contribution in [0.2, 0.25) is 10.0 Å². The van der Waals surface area contributed by atoms with Crippen LogP contribution in [0.15, 0.2) is 18.2 Å². The maximum atomic E-state index is 12.1. The lowest BCUT2D eigenvalue weighted by atomic mass is 10.1. The van der Waals surface area contributed by atoms with Gasteiger partial charge in [-0.25, -0.2) is 4.79 Å². The molecule has 0 bridgehead atoms. The Morgan fingerprint density at radius 2 is 2.22 bits per heavy atom. The van der Waals surface area contributed by atoms with E-state index in [0.29, 0.717) is 10.6 Å². The molecule has 98 valence electrons. The number of amides is 1. The van der Waals surface area contributed by atoms with Gasteiger partial charge in [0.1, 0.15) is 25.9 Å². The molecule has 1 fully saturated rings. The van der Waals surface area contributed by atoms with Gasteiger partial charge in [-0.3, -0.25) is 9.96 Å². The van der Waals surface area contributed by atoms with Crippen LogP contribution in [0.4, 0.5) is 0 Å². The van der Waals surface area contributed by atoms with Crippen molar-refractivity contribution in [3.63, 3.8) is 0 Å². The number of nitrogens with zero attached hydrogens (tertiary/aromatic N) is 1. The predicted molar refractivity (Wildman–Crippen MR) is 67.8 cm³/mol. The van der Waals surface area contributed by atoms with Gasteiger partial charge in [0, 0.05) is 15.6 Å². The van der Waals surface area contributed by atoms with Crippen molar-refractivity contribution in [2.45, 2.75) is 6.10 Å². The SMILES string of the molecule is O=C1CNC[N+]1([O-])CC(O)c1ccc(Cl)cc1Cl. The summed E-state index contributed by atoms with van der Waals surface area (Å²) in [5.41, 5.74) is 0.397. The molecular weight excluding hydrogens is 279 g/mol. The minimum Gasteiger partial charge on any atom is -0.624 e. The van der Waals surface area contributed by atoms with Gasteiger partial charge in [-0.2, -0.15) is 0 Å². The third-order valence-corrected chi connectivity index (χ3v) is 3.45. The van der Waals surface area contributed by atoms with E-state index in [4.69, 9.17) is 23.2 Å². The fourth-order valence-corrected chi connectivity index (χ4v) is 2.43. The number of rotatable bonds is 3. The van der Waals surface area contributed by atoms with Gasteiger partial charge in [0.25, 0.3) is 0 Å². The zero-order valence-corrected chi connectivity index (χ0v) is 10.9. The minimum absolute atomic E-state index is 0.0267. The van der Waals surface area contributed by atoms with Crippen molar-refractivity contribution in [2.75, 3.05) is 19.8 Å². The zero-order valence-electron chi connectivity index (χ0n) is 9.40. The van der Waals surface area contributed by atoms with Gasteiger partial charge >= 0.3 is 5.91 Å². The highest BCUT2D eigenvalue weighted by atomic mass is 35.5. The number of aliphatic hydroxyl groups excluding tert-OH is 1. The number of carbonyl (C=O) groups excluding carboxylic acids is 1. The molecule has 1 aliphatic heterocycles. The first kappa shape index (κ1) is 13.7. The molecule has 1 saturated heterocycles. The largest absolute Gasteiger partial charge is 0.624 e. The number of nitrogens with one attached hydrogen (secondary N) is 1. The highest BCUT2D eigenvalue weighted by Gasteiger charge is 2.35. The average Bonchev–Trinajstić information content (AvgIpc) is 2.58. The summed E-state index contributed by atoms with van der Waals surface area (Å²) < 4.78 is -1.08. The summed E-state index contributed by atoms with van der Waals surface area (Å²) in [5.74, 6) is -0.487. The van der Waals surface area contributed by atoms with Gasteiger partial charge in [-0.05, 0) is 12.1 Å². The molecule has 0 aliphatic carbocycles. The van der Waals surface area contributed by atoms with E-state index in [-0.39, 0.29) is 24.8 Å². The van der Waals surface area contributed by atoms with Gasteiger partial charge in [0.05, 0.1) is 0 Å². The fraction of sp³-hybridized carbons (Fsp3) is 0.364. The van der Waals surface area contributed by atoms with Crippen LogP contribution >= 0.6 is 23.2 Å². The Balaban J connectivity index is 2.17. The summed E-state index contributed by atoms with van der Waals surface area (Å²) in [6.45, 7) is -0.251. The second kappa shape index (κ2) is 5.13. The third kappa shape index (κ3) is 2.66. The molecule has 18 heavy (non-hydrogen) atoms. The number of hydrogen-bond donors (Lipinski definition) is 2. The second-order valence-corrected chi connectivity index (χ2v) is 5.08. The van der Waals surface area contributed by atoms with E-state index in [2.05, 4.69) is 5.32 Å². The molecule has 1 aliphatic rings. The van der Waals surface area contributed by atoms with Gasteiger partial charge in [0.15, 0.2) is 0 Å².